The van der Waals surface area contributed by atoms with Crippen molar-refractivity contribution in [2.75, 3.05) is 48.8 Å². The van der Waals surface area contributed by atoms with E-state index in [1.807, 2.05) is 23.1 Å². The van der Waals surface area contributed by atoms with Crippen molar-refractivity contribution in [3.8, 4) is 5.75 Å². The van der Waals surface area contributed by atoms with Gasteiger partial charge < -0.3 is 31.0 Å². The minimum absolute atomic E-state index is 0.110. The second kappa shape index (κ2) is 9.95. The van der Waals surface area contributed by atoms with Gasteiger partial charge in [-0.2, -0.15) is 9.97 Å². The van der Waals surface area contributed by atoms with Crippen LogP contribution in [0.5, 0.6) is 5.75 Å². The summed E-state index contributed by atoms with van der Waals surface area (Å²) in [4.78, 5) is 41.9. The number of rotatable bonds is 8. The number of nitrogens with zero attached hydrogens (tertiary/aromatic N) is 4. The number of aromatic amines is 1. The van der Waals surface area contributed by atoms with Crippen LogP contribution in [0.4, 0.5) is 28.8 Å². The number of primary amides is 1. The first-order valence-corrected chi connectivity index (χ1v) is 13.4. The van der Waals surface area contributed by atoms with Crippen molar-refractivity contribution in [2.24, 2.45) is 5.73 Å². The maximum atomic E-state index is 13.1. The van der Waals surface area contributed by atoms with E-state index in [2.05, 4.69) is 25.5 Å². The monoisotopic (exact) mass is 532 g/mol. The van der Waals surface area contributed by atoms with E-state index < -0.39 is 5.91 Å². The number of hydrogen-bond donors (Lipinski definition) is 4. The van der Waals surface area contributed by atoms with Crippen LogP contribution in [-0.4, -0.2) is 65.0 Å². The number of nitrogens with one attached hydrogen (secondary N) is 3. The van der Waals surface area contributed by atoms with Gasteiger partial charge in [0.15, 0.2) is 0 Å². The molecule has 0 saturated carbocycles. The number of benzene rings is 1. The molecule has 0 spiro atoms. The number of amides is 2. The average molecular weight is 533 g/mol. The predicted molar refractivity (Wildman–Crippen MR) is 148 cm³/mol. The molecular weight excluding hydrogens is 504 g/mol. The number of thiophene rings is 1. The normalized spacial score (nSPS) is 15.1. The number of hydrogen-bond acceptors (Lipinski definition) is 9. The SMILES string of the molecule is COc1cc2c(cc1Nc1nc(Nc3ccsc3C(N)=O)c3cc[nH]c3n1)N(C(=O)CN1CCCC1)CC2. The summed E-state index contributed by atoms with van der Waals surface area (Å²) in [5.74, 6) is 1.08. The molecule has 6 rings (SSSR count). The van der Waals surface area contributed by atoms with Crippen LogP contribution in [0, 0.1) is 0 Å². The Morgan fingerprint density at radius 1 is 1.13 bits per heavy atom. The van der Waals surface area contributed by atoms with E-state index >= 15 is 0 Å². The van der Waals surface area contributed by atoms with Crippen molar-refractivity contribution in [1.29, 1.82) is 0 Å². The fourth-order valence-electron chi connectivity index (χ4n) is 5.10. The summed E-state index contributed by atoms with van der Waals surface area (Å²) in [5, 5.41) is 9.06. The lowest BCUT2D eigenvalue weighted by Gasteiger charge is -2.22. The average Bonchev–Trinajstić information content (AvgIpc) is 3.70. The number of H-pyrrole nitrogens is 1. The summed E-state index contributed by atoms with van der Waals surface area (Å²) >= 11 is 1.26. The summed E-state index contributed by atoms with van der Waals surface area (Å²) in [6.07, 6.45) is 4.84. The first-order chi connectivity index (χ1) is 18.5. The second-order valence-corrected chi connectivity index (χ2v) is 10.3. The van der Waals surface area contributed by atoms with Gasteiger partial charge in [-0.3, -0.25) is 14.5 Å². The molecule has 0 radical (unpaired) electrons. The van der Waals surface area contributed by atoms with Crippen molar-refractivity contribution in [2.45, 2.75) is 19.3 Å². The molecule has 2 amide bonds. The molecule has 0 unspecified atom stereocenters. The highest BCUT2D eigenvalue weighted by molar-refractivity contribution is 7.12. The number of carbonyl (C=O) groups is 2. The molecule has 0 atom stereocenters. The molecule has 5 N–H and O–H groups in total. The third-order valence-corrected chi connectivity index (χ3v) is 7.89. The van der Waals surface area contributed by atoms with Crippen LogP contribution in [0.1, 0.15) is 28.1 Å². The molecule has 2 aliphatic heterocycles. The van der Waals surface area contributed by atoms with Crippen LogP contribution < -0.4 is 26.0 Å². The molecule has 0 aliphatic carbocycles. The zero-order chi connectivity index (χ0) is 26.2. The predicted octanol–water partition coefficient (Wildman–Crippen LogP) is 3.60. The Hall–Kier alpha value is -4.16. The standard InChI is InChI=1S/C26H28N8O3S/c1-37-20-12-15-5-10-34(21(35)14-33-8-2-3-9-33)19(15)13-18(20)30-26-31-24-16(4-7-28-24)25(32-26)29-17-6-11-38-22(17)23(27)36/h4,6-7,11-13H,2-3,5,8-10,14H2,1H3,(H2,27,36)(H3,28,29,30,31,32). The van der Waals surface area contributed by atoms with E-state index in [1.165, 1.54) is 11.3 Å². The number of ether oxygens (including phenoxy) is 1. The lowest BCUT2D eigenvalue weighted by Crippen LogP contribution is -2.38. The fraction of sp³-hybridized carbons (Fsp3) is 0.308. The maximum absolute atomic E-state index is 13.1. The van der Waals surface area contributed by atoms with Crippen molar-refractivity contribution in [3.63, 3.8) is 0 Å². The smallest absolute Gasteiger partial charge is 0.260 e. The zero-order valence-corrected chi connectivity index (χ0v) is 21.7. The molecule has 1 fully saturated rings. The van der Waals surface area contributed by atoms with Gasteiger partial charge in [0.25, 0.3) is 5.91 Å². The Morgan fingerprint density at radius 3 is 2.76 bits per heavy atom. The Bertz CT molecular complexity index is 1520. The van der Waals surface area contributed by atoms with Crippen LogP contribution in [0.15, 0.2) is 35.8 Å². The molecule has 196 valence electrons. The highest BCUT2D eigenvalue weighted by atomic mass is 32.1. The van der Waals surface area contributed by atoms with Crippen molar-refractivity contribution in [1.82, 2.24) is 19.9 Å². The van der Waals surface area contributed by atoms with Gasteiger partial charge in [0.05, 0.1) is 30.4 Å². The van der Waals surface area contributed by atoms with Crippen molar-refractivity contribution < 1.29 is 14.3 Å². The molecule has 0 bridgehead atoms. The van der Waals surface area contributed by atoms with Crippen LogP contribution in [0.3, 0.4) is 0 Å². The second-order valence-electron chi connectivity index (χ2n) is 9.37. The molecule has 1 saturated heterocycles. The van der Waals surface area contributed by atoms with Crippen LogP contribution >= 0.6 is 11.3 Å². The van der Waals surface area contributed by atoms with Crippen molar-refractivity contribution >= 4 is 63.0 Å². The minimum atomic E-state index is -0.507. The summed E-state index contributed by atoms with van der Waals surface area (Å²) in [6.45, 7) is 3.04. The number of methoxy groups -OCH3 is 1. The van der Waals surface area contributed by atoms with Gasteiger partial charge >= 0.3 is 0 Å². The number of anilines is 5. The Labute approximate surface area is 223 Å². The van der Waals surface area contributed by atoms with Gasteiger partial charge in [0, 0.05) is 18.4 Å². The van der Waals surface area contributed by atoms with Gasteiger partial charge in [-0.15, -0.1) is 11.3 Å². The molecule has 38 heavy (non-hydrogen) atoms. The van der Waals surface area contributed by atoms with Crippen LogP contribution in [-0.2, 0) is 11.2 Å². The van der Waals surface area contributed by atoms with E-state index in [4.69, 9.17) is 15.5 Å². The van der Waals surface area contributed by atoms with Crippen LogP contribution in [0.25, 0.3) is 11.0 Å². The first-order valence-electron chi connectivity index (χ1n) is 12.5. The van der Waals surface area contributed by atoms with Crippen molar-refractivity contribution in [3.05, 3.63) is 46.3 Å². The summed E-state index contributed by atoms with van der Waals surface area (Å²) in [5.41, 5.74) is 9.32. The first kappa shape index (κ1) is 24.2. The van der Waals surface area contributed by atoms with Crippen LogP contribution in [0.2, 0.25) is 0 Å². The Balaban J connectivity index is 1.31. The van der Waals surface area contributed by atoms with Gasteiger partial charge in [0.1, 0.15) is 22.1 Å². The Morgan fingerprint density at radius 2 is 1.97 bits per heavy atom. The van der Waals surface area contributed by atoms with Gasteiger partial charge in [-0.05, 0) is 67.6 Å². The topological polar surface area (TPSA) is 142 Å². The van der Waals surface area contributed by atoms with Gasteiger partial charge in [0.2, 0.25) is 11.9 Å². The largest absolute Gasteiger partial charge is 0.495 e. The van der Waals surface area contributed by atoms with E-state index in [0.717, 1.165) is 49.0 Å². The molecule has 2 aliphatic rings. The maximum Gasteiger partial charge on any atom is 0.260 e. The number of aromatic nitrogens is 3. The quantitative estimate of drug-likeness (QED) is 0.270. The van der Waals surface area contributed by atoms with E-state index in [0.29, 0.717) is 52.5 Å². The molecule has 3 aromatic heterocycles. The number of carbonyl (C=O) groups excluding carboxylic acids is 2. The molecule has 4 aromatic rings. The lowest BCUT2D eigenvalue weighted by molar-refractivity contribution is -0.119. The fourth-order valence-corrected chi connectivity index (χ4v) is 5.80. The lowest BCUT2D eigenvalue weighted by atomic mass is 10.1. The number of likely N-dealkylation sites (tertiary alicyclic amines) is 1. The van der Waals surface area contributed by atoms with Gasteiger partial charge in [-0.25, -0.2) is 0 Å². The zero-order valence-electron chi connectivity index (χ0n) is 20.9. The molecule has 1 aromatic carbocycles. The number of nitrogens with two attached hydrogens (primary N) is 1. The third-order valence-electron chi connectivity index (χ3n) is 6.96. The molecule has 12 heteroatoms. The highest BCUT2D eigenvalue weighted by Gasteiger charge is 2.28. The van der Waals surface area contributed by atoms with E-state index in [-0.39, 0.29) is 5.91 Å². The summed E-state index contributed by atoms with van der Waals surface area (Å²) < 4.78 is 5.67. The number of fused-ring (bicyclic) bond motifs is 2. The Kier molecular flexibility index (Phi) is 6.34. The molecule has 11 nitrogen and oxygen atoms in total. The molecule has 5 heterocycles. The van der Waals surface area contributed by atoms with Gasteiger partial charge in [-0.1, -0.05) is 0 Å². The summed E-state index contributed by atoms with van der Waals surface area (Å²) in [7, 11) is 1.61. The minimum Gasteiger partial charge on any atom is -0.495 e. The molecular formula is C26H28N8O3S. The summed E-state index contributed by atoms with van der Waals surface area (Å²) in [6, 6.07) is 7.55. The van der Waals surface area contributed by atoms with E-state index in [1.54, 1.807) is 24.8 Å². The highest BCUT2D eigenvalue weighted by Crippen LogP contribution is 2.39. The third kappa shape index (κ3) is 4.52. The van der Waals surface area contributed by atoms with E-state index in [9.17, 15) is 9.59 Å².